The highest BCUT2D eigenvalue weighted by Crippen LogP contribution is 2.54. The summed E-state index contributed by atoms with van der Waals surface area (Å²) in [6.45, 7) is 4.72. The van der Waals surface area contributed by atoms with Crippen molar-refractivity contribution in [2.45, 2.75) is 19.3 Å². The second-order valence-electron chi connectivity index (χ2n) is 16.1. The summed E-state index contributed by atoms with van der Waals surface area (Å²) < 4.78 is 0. The molecule has 0 saturated heterocycles. The lowest BCUT2D eigenvalue weighted by Crippen LogP contribution is -2.14. The fraction of sp³-hybridized carbons (Fsp3) is 0.0526. The molecule has 59 heavy (non-hydrogen) atoms. The molecule has 0 N–H and O–H groups in total. The van der Waals surface area contributed by atoms with Gasteiger partial charge >= 0.3 is 0 Å². The monoisotopic (exact) mass is 752 g/mol. The van der Waals surface area contributed by atoms with Gasteiger partial charge in [0.25, 0.3) is 0 Å². The van der Waals surface area contributed by atoms with E-state index in [4.69, 9.17) is 9.97 Å². The summed E-state index contributed by atoms with van der Waals surface area (Å²) >= 11 is 0. The van der Waals surface area contributed by atoms with Gasteiger partial charge in [-0.15, -0.1) is 0 Å². The first-order valence-corrected chi connectivity index (χ1v) is 20.4. The van der Waals surface area contributed by atoms with Crippen LogP contribution in [0.15, 0.2) is 206 Å². The zero-order chi connectivity index (χ0) is 39.5. The molecule has 2 nitrogen and oxygen atoms in total. The van der Waals surface area contributed by atoms with Crippen LogP contribution in [-0.2, 0) is 5.41 Å². The summed E-state index contributed by atoms with van der Waals surface area (Å²) in [7, 11) is 0. The molecule has 1 aromatic heterocycles. The number of nitrogens with zero attached hydrogens (tertiary/aromatic N) is 2. The van der Waals surface area contributed by atoms with E-state index >= 15 is 0 Å². The SMILES string of the molecule is CC1(C)c2cccc(-c3ccc(-c4ccc(-c5nc(-c6ccccc6)cc(-c6ccc(-c7ccccc7)cc6)n5)c5ccccc45)cc3)c2-c2c1ccc1ccccc21. The quantitative estimate of drug-likeness (QED) is 0.169. The summed E-state index contributed by atoms with van der Waals surface area (Å²) in [6, 6.07) is 74.2. The van der Waals surface area contributed by atoms with E-state index in [1.807, 2.05) is 6.07 Å². The average molecular weight is 753 g/mol. The molecule has 1 heterocycles. The van der Waals surface area contributed by atoms with Crippen LogP contribution in [0.2, 0.25) is 0 Å². The summed E-state index contributed by atoms with van der Waals surface area (Å²) in [5.41, 5.74) is 17.6. The highest BCUT2D eigenvalue weighted by Gasteiger charge is 2.37. The maximum Gasteiger partial charge on any atom is 0.161 e. The Morgan fingerprint density at radius 2 is 0.814 bits per heavy atom. The Labute approximate surface area is 345 Å². The second kappa shape index (κ2) is 13.9. The second-order valence-corrected chi connectivity index (χ2v) is 16.1. The van der Waals surface area contributed by atoms with Crippen LogP contribution in [0.5, 0.6) is 0 Å². The molecule has 0 bridgehead atoms. The Balaban J connectivity index is 0.999. The van der Waals surface area contributed by atoms with Crippen LogP contribution in [0.4, 0.5) is 0 Å². The molecule has 1 aliphatic rings. The van der Waals surface area contributed by atoms with Crippen LogP contribution in [0.1, 0.15) is 25.0 Å². The third-order valence-corrected chi connectivity index (χ3v) is 12.3. The molecule has 0 unspecified atom stereocenters. The van der Waals surface area contributed by atoms with Gasteiger partial charge < -0.3 is 0 Å². The first-order valence-electron chi connectivity index (χ1n) is 20.4. The fourth-order valence-electron chi connectivity index (χ4n) is 9.30. The van der Waals surface area contributed by atoms with Gasteiger partial charge in [0.15, 0.2) is 5.82 Å². The zero-order valence-electron chi connectivity index (χ0n) is 33.0. The van der Waals surface area contributed by atoms with Crippen molar-refractivity contribution in [3.8, 4) is 78.4 Å². The summed E-state index contributed by atoms with van der Waals surface area (Å²) in [4.78, 5) is 10.5. The van der Waals surface area contributed by atoms with Gasteiger partial charge in [0.05, 0.1) is 11.4 Å². The van der Waals surface area contributed by atoms with E-state index < -0.39 is 0 Å². The van der Waals surface area contributed by atoms with E-state index in [1.165, 1.54) is 71.8 Å². The van der Waals surface area contributed by atoms with Gasteiger partial charge in [0, 0.05) is 22.1 Å². The van der Waals surface area contributed by atoms with E-state index in [0.717, 1.165) is 33.5 Å². The van der Waals surface area contributed by atoms with E-state index in [-0.39, 0.29) is 5.41 Å². The van der Waals surface area contributed by atoms with Crippen LogP contribution >= 0.6 is 0 Å². The highest BCUT2D eigenvalue weighted by atomic mass is 14.9. The van der Waals surface area contributed by atoms with E-state index in [0.29, 0.717) is 5.82 Å². The highest BCUT2D eigenvalue weighted by molar-refractivity contribution is 6.07. The van der Waals surface area contributed by atoms with Gasteiger partial charge in [0.1, 0.15) is 0 Å². The van der Waals surface area contributed by atoms with Crippen molar-refractivity contribution < 1.29 is 0 Å². The van der Waals surface area contributed by atoms with Crippen molar-refractivity contribution in [2.24, 2.45) is 0 Å². The molecule has 0 saturated carbocycles. The largest absolute Gasteiger partial charge is 0.228 e. The summed E-state index contributed by atoms with van der Waals surface area (Å²) in [5.74, 6) is 0.709. The predicted octanol–water partition coefficient (Wildman–Crippen LogP) is 15.1. The van der Waals surface area contributed by atoms with Crippen LogP contribution in [0.3, 0.4) is 0 Å². The van der Waals surface area contributed by atoms with Crippen LogP contribution in [0.25, 0.3) is 100.0 Å². The number of benzene rings is 9. The van der Waals surface area contributed by atoms with Gasteiger partial charge in [-0.05, 0) is 89.3 Å². The van der Waals surface area contributed by atoms with Gasteiger partial charge in [-0.25, -0.2) is 9.97 Å². The first-order chi connectivity index (χ1) is 29.0. The molecule has 2 heteroatoms. The summed E-state index contributed by atoms with van der Waals surface area (Å²) in [5, 5.41) is 4.89. The topological polar surface area (TPSA) is 25.8 Å². The molecular weight excluding hydrogens is 713 g/mol. The molecule has 0 fully saturated rings. The Bertz CT molecular complexity index is 3200. The molecule has 0 aliphatic heterocycles. The minimum atomic E-state index is -0.0800. The summed E-state index contributed by atoms with van der Waals surface area (Å²) in [6.07, 6.45) is 0. The Kier molecular flexibility index (Phi) is 8.20. The number of hydrogen-bond acceptors (Lipinski definition) is 2. The van der Waals surface area contributed by atoms with E-state index in [9.17, 15) is 0 Å². The lowest BCUT2D eigenvalue weighted by atomic mass is 9.81. The maximum absolute atomic E-state index is 5.26. The third kappa shape index (κ3) is 5.87. The van der Waals surface area contributed by atoms with Crippen LogP contribution < -0.4 is 0 Å². The smallest absolute Gasteiger partial charge is 0.161 e. The van der Waals surface area contributed by atoms with Crippen LogP contribution in [-0.4, -0.2) is 9.97 Å². The molecular formula is C57H40N2. The van der Waals surface area contributed by atoms with Crippen molar-refractivity contribution in [3.05, 3.63) is 217 Å². The van der Waals surface area contributed by atoms with Crippen molar-refractivity contribution >= 4 is 21.5 Å². The molecule has 9 aromatic carbocycles. The van der Waals surface area contributed by atoms with Gasteiger partial charge in [0.2, 0.25) is 0 Å². The first kappa shape index (κ1) is 34.8. The van der Waals surface area contributed by atoms with Crippen molar-refractivity contribution in [3.63, 3.8) is 0 Å². The minimum Gasteiger partial charge on any atom is -0.228 e. The number of hydrogen-bond donors (Lipinski definition) is 0. The lowest BCUT2D eigenvalue weighted by molar-refractivity contribution is 0.661. The van der Waals surface area contributed by atoms with E-state index in [1.54, 1.807) is 0 Å². The van der Waals surface area contributed by atoms with Crippen molar-refractivity contribution in [1.29, 1.82) is 0 Å². The number of fused-ring (bicyclic) bond motifs is 6. The molecule has 0 spiro atoms. The Morgan fingerprint density at radius 1 is 0.322 bits per heavy atom. The molecule has 278 valence electrons. The van der Waals surface area contributed by atoms with Crippen molar-refractivity contribution in [2.75, 3.05) is 0 Å². The Hall–Kier alpha value is -7.42. The van der Waals surface area contributed by atoms with E-state index in [2.05, 4.69) is 214 Å². The molecule has 0 atom stereocenters. The third-order valence-electron chi connectivity index (χ3n) is 12.3. The molecule has 10 aromatic rings. The zero-order valence-corrected chi connectivity index (χ0v) is 33.0. The Morgan fingerprint density at radius 3 is 1.51 bits per heavy atom. The average Bonchev–Trinajstić information content (AvgIpc) is 3.55. The maximum atomic E-state index is 5.26. The fourth-order valence-corrected chi connectivity index (χ4v) is 9.30. The predicted molar refractivity (Wildman–Crippen MR) is 247 cm³/mol. The standard InChI is InChI=1S/C57H40N2/c1-57(2)50-23-13-22-46(54(50)55-45-19-10-9-16-39(45)32-35-51(55)57)41-28-26-40(27-29-41)44-33-34-49(48-21-12-11-20-47(44)48)56-58-52(42-17-7-4-8-18-42)36-53(59-56)43-30-24-38(25-31-43)37-14-5-3-6-15-37/h3-36H,1-2H3. The molecule has 11 rings (SSSR count). The normalized spacial score (nSPS) is 12.7. The number of aromatic nitrogens is 2. The molecule has 1 aliphatic carbocycles. The minimum absolute atomic E-state index is 0.0800. The number of rotatable bonds is 6. The lowest BCUT2D eigenvalue weighted by Gasteiger charge is -2.21. The van der Waals surface area contributed by atoms with Gasteiger partial charge in [-0.2, -0.15) is 0 Å². The molecule has 0 radical (unpaired) electrons. The van der Waals surface area contributed by atoms with Crippen molar-refractivity contribution in [1.82, 2.24) is 9.97 Å². The van der Waals surface area contributed by atoms with Gasteiger partial charge in [-0.3, -0.25) is 0 Å². The van der Waals surface area contributed by atoms with Gasteiger partial charge in [-0.1, -0.05) is 208 Å². The van der Waals surface area contributed by atoms with Crippen LogP contribution in [0, 0.1) is 0 Å². The molecule has 0 amide bonds.